The van der Waals surface area contributed by atoms with Crippen molar-refractivity contribution in [3.63, 3.8) is 0 Å². The summed E-state index contributed by atoms with van der Waals surface area (Å²) in [6, 6.07) is 0. The number of aliphatic hydroxyl groups excluding tert-OH is 1. The molecular weight excluding hydrogens is 1340 g/mol. The van der Waals surface area contributed by atoms with Crippen LogP contribution in [0.1, 0.15) is 291 Å². The molecule has 20 nitrogen and oxygen atoms in total. The zero-order chi connectivity index (χ0) is 74.3. The van der Waals surface area contributed by atoms with Crippen LogP contribution >= 0.6 is 15.6 Å². The smallest absolute Gasteiger partial charge is 0.454 e. The number of phosphoric ester groups is 2. The molecule has 2 aliphatic rings. The number of aliphatic hydroxyl groups is 1. The molecule has 0 radical (unpaired) electrons. The minimum Gasteiger partial charge on any atom is -0.454 e. The molecule has 22 heteroatoms. The Bertz CT molecular complexity index is 2090. The van der Waals surface area contributed by atoms with Gasteiger partial charge in [-0.15, -0.1) is 26.3 Å². The van der Waals surface area contributed by atoms with Gasteiger partial charge in [-0.05, 0) is 57.8 Å². The second-order valence-electron chi connectivity index (χ2n) is 27.4. The number of allylic oxidation sites excluding steroid dienone is 2. The first-order chi connectivity index (χ1) is 49.9. The SMILES string of the molecule is C=CCOP(=O)(OCC=C)OCCO[C@H]1O[C@H](CO[C@@H]2O[C@H](COC)[C@@H](OP(=O)(OCC=C)OCC=C)[C@H](OCC[C@@H](CCCCCCC)OC)[C@H]2OC(=O)CCCCCCCCCC=CCCCCCC)[C@@H](O)[C@H](OCCCCCCCCCCCC)[C@H]1OCCCCCCCCCCCC. The number of carbonyl (C=O) groups excluding carboxylic acids is 1. The number of hydrogen-bond acceptors (Lipinski definition) is 20. The number of phosphoric acid groups is 2. The maximum atomic E-state index is 14.7. The van der Waals surface area contributed by atoms with E-state index >= 15 is 0 Å². The lowest BCUT2D eigenvalue weighted by atomic mass is 9.97. The topological polar surface area (TPSA) is 219 Å². The standard InChI is InChI=1S/C80H148O20P2/c1-11-19-23-27-30-33-36-37-38-39-40-41-44-48-52-56-72(81)99-78-76(89-64-57-69(86-10)55-51-47-26-22-14-4)74(100-102(84,94-60-17-7)95-61-18-8)71(67-85-9)98-80(78)91-68-70-73(82)75(87-62-53-49-45-42-34-31-28-24-20-12-2)77(88-63-54-50-46-43-35-32-29-25-21-13-3)79(97-70)90-65-66-96-101(83,92-58-15-5)93-59-16-6/h15-18,33,36,69-71,73-80,82H,5-8,11-14,19-32,34-35,37-68H2,1-4,9-10H3/t69-,70-,71-,73-,74-,75+,76+,77-,78-,79+,80-/m1/s1. The summed E-state index contributed by atoms with van der Waals surface area (Å²) in [4.78, 5) is 14.5. The van der Waals surface area contributed by atoms with Crippen molar-refractivity contribution in [1.82, 2.24) is 0 Å². The second kappa shape index (κ2) is 66.0. The molecule has 2 rings (SSSR count). The average Bonchev–Trinajstić information content (AvgIpc) is 0.797. The summed E-state index contributed by atoms with van der Waals surface area (Å²) in [6.07, 6.45) is 41.9. The summed E-state index contributed by atoms with van der Waals surface area (Å²) in [5.41, 5.74) is 0. The summed E-state index contributed by atoms with van der Waals surface area (Å²) in [6.45, 7) is 23.0. The van der Waals surface area contributed by atoms with Crippen molar-refractivity contribution in [1.29, 1.82) is 0 Å². The number of esters is 1. The van der Waals surface area contributed by atoms with Gasteiger partial charge in [0.05, 0.1) is 59.0 Å². The molecule has 2 saturated heterocycles. The van der Waals surface area contributed by atoms with E-state index in [0.717, 1.165) is 141 Å². The van der Waals surface area contributed by atoms with Gasteiger partial charge >= 0.3 is 21.6 Å². The summed E-state index contributed by atoms with van der Waals surface area (Å²) in [5.74, 6) is -0.533. The molecule has 0 aromatic rings. The molecule has 1 N–H and O–H groups in total. The highest BCUT2D eigenvalue weighted by molar-refractivity contribution is 7.48. The fourth-order valence-electron chi connectivity index (χ4n) is 12.6. The van der Waals surface area contributed by atoms with Gasteiger partial charge in [0, 0.05) is 40.5 Å². The molecule has 2 heterocycles. The Morgan fingerprint density at radius 3 is 1.32 bits per heavy atom. The van der Waals surface area contributed by atoms with Gasteiger partial charge in [-0.25, -0.2) is 9.13 Å². The number of carbonyl (C=O) groups is 1. The van der Waals surface area contributed by atoms with Gasteiger partial charge in [0.25, 0.3) is 0 Å². The first kappa shape index (κ1) is 96.1. The van der Waals surface area contributed by atoms with Crippen LogP contribution in [-0.4, -0.2) is 165 Å². The third-order valence-corrected chi connectivity index (χ3v) is 21.3. The quantitative estimate of drug-likeness (QED) is 0.0259. The van der Waals surface area contributed by atoms with Crippen LogP contribution in [-0.2, 0) is 88.4 Å². The van der Waals surface area contributed by atoms with Crippen molar-refractivity contribution in [3.8, 4) is 0 Å². The van der Waals surface area contributed by atoms with E-state index in [9.17, 15) is 19.0 Å². The fraction of sp³-hybridized carbons (Fsp3) is 0.863. The van der Waals surface area contributed by atoms with Crippen LogP contribution in [0, 0.1) is 0 Å². The maximum absolute atomic E-state index is 14.7. The van der Waals surface area contributed by atoms with Crippen LogP contribution in [0.15, 0.2) is 62.8 Å². The van der Waals surface area contributed by atoms with Crippen LogP contribution in [0.3, 0.4) is 0 Å². The van der Waals surface area contributed by atoms with E-state index in [2.05, 4.69) is 66.2 Å². The number of methoxy groups -OCH3 is 2. The molecule has 0 bridgehead atoms. The fourth-order valence-corrected chi connectivity index (χ4v) is 15.0. The molecule has 0 amide bonds. The molecule has 598 valence electrons. The van der Waals surface area contributed by atoms with Crippen molar-refractivity contribution < 1.29 is 93.5 Å². The molecule has 2 aliphatic heterocycles. The van der Waals surface area contributed by atoms with E-state index in [1.807, 2.05) is 0 Å². The lowest BCUT2D eigenvalue weighted by Gasteiger charge is -2.47. The van der Waals surface area contributed by atoms with E-state index in [0.29, 0.717) is 26.1 Å². The molecule has 2 fully saturated rings. The Morgan fingerprint density at radius 1 is 0.412 bits per heavy atom. The Kier molecular flexibility index (Phi) is 62.2. The van der Waals surface area contributed by atoms with E-state index in [1.54, 1.807) is 7.11 Å². The first-order valence-electron chi connectivity index (χ1n) is 40.3. The Labute approximate surface area is 620 Å². The minimum absolute atomic E-state index is 0.0845. The number of unbranched alkanes of at least 4 members (excludes halogenated alkanes) is 33. The van der Waals surface area contributed by atoms with Crippen LogP contribution < -0.4 is 0 Å². The van der Waals surface area contributed by atoms with E-state index in [1.165, 1.54) is 134 Å². The predicted molar refractivity (Wildman–Crippen MR) is 409 cm³/mol. The molecule has 0 aromatic heterocycles. The van der Waals surface area contributed by atoms with Gasteiger partial charge in [0.15, 0.2) is 18.7 Å². The highest BCUT2D eigenvalue weighted by atomic mass is 31.2. The number of rotatable bonds is 75. The lowest BCUT2D eigenvalue weighted by Crippen LogP contribution is -2.64. The molecule has 0 aliphatic carbocycles. The van der Waals surface area contributed by atoms with Gasteiger partial charge in [-0.2, -0.15) is 0 Å². The summed E-state index contributed by atoms with van der Waals surface area (Å²) >= 11 is 0. The van der Waals surface area contributed by atoms with Crippen molar-refractivity contribution in [2.24, 2.45) is 0 Å². The predicted octanol–water partition coefficient (Wildman–Crippen LogP) is 20.6. The van der Waals surface area contributed by atoms with Crippen molar-refractivity contribution in [2.75, 3.05) is 86.9 Å². The first-order valence-corrected chi connectivity index (χ1v) is 43.3. The number of hydrogen-bond donors (Lipinski definition) is 1. The van der Waals surface area contributed by atoms with Gasteiger partial charge in [0.2, 0.25) is 0 Å². The van der Waals surface area contributed by atoms with Gasteiger partial charge in [-0.1, -0.05) is 263 Å². The second-order valence-corrected chi connectivity index (χ2v) is 30.7. The van der Waals surface area contributed by atoms with Crippen molar-refractivity contribution >= 4 is 21.6 Å². The molecule has 0 spiro atoms. The van der Waals surface area contributed by atoms with E-state index in [4.69, 9.17) is 74.5 Å². The van der Waals surface area contributed by atoms with Crippen LogP contribution in [0.5, 0.6) is 0 Å². The highest BCUT2D eigenvalue weighted by Crippen LogP contribution is 2.53. The van der Waals surface area contributed by atoms with E-state index < -0.39 is 83.0 Å². The normalized spacial score (nSPS) is 21.4. The van der Waals surface area contributed by atoms with Crippen LogP contribution in [0.2, 0.25) is 0 Å². The summed E-state index contributed by atoms with van der Waals surface area (Å²) < 4.78 is 129. The van der Waals surface area contributed by atoms with E-state index in [-0.39, 0.29) is 72.0 Å². The Morgan fingerprint density at radius 2 is 0.833 bits per heavy atom. The largest absolute Gasteiger partial charge is 0.475 e. The monoisotopic (exact) mass is 1490 g/mol. The Balaban J connectivity index is 2.68. The minimum atomic E-state index is -4.48. The maximum Gasteiger partial charge on any atom is 0.475 e. The third-order valence-electron chi connectivity index (χ3n) is 18.5. The molecule has 0 saturated carbocycles. The highest BCUT2D eigenvalue weighted by Gasteiger charge is 2.54. The third kappa shape index (κ3) is 46.4. The molecule has 0 aromatic carbocycles. The average molecular weight is 1490 g/mol. The number of ether oxygens (including phenoxy) is 10. The molecule has 0 unspecified atom stereocenters. The van der Waals surface area contributed by atoms with Crippen molar-refractivity contribution in [2.45, 2.75) is 358 Å². The lowest BCUT2D eigenvalue weighted by molar-refractivity contribution is -0.340. The van der Waals surface area contributed by atoms with Crippen LogP contribution in [0.4, 0.5) is 0 Å². The Hall–Kier alpha value is -2.01. The molecule has 11 atom stereocenters. The molecular formula is C80H148O20P2. The van der Waals surface area contributed by atoms with Gasteiger partial charge in [-0.3, -0.25) is 31.9 Å². The summed E-state index contributed by atoms with van der Waals surface area (Å²) in [5, 5.41) is 12.7. The van der Waals surface area contributed by atoms with Crippen molar-refractivity contribution in [3.05, 3.63) is 62.8 Å². The van der Waals surface area contributed by atoms with Gasteiger partial charge < -0.3 is 52.5 Å². The van der Waals surface area contributed by atoms with Crippen LogP contribution in [0.25, 0.3) is 0 Å². The van der Waals surface area contributed by atoms with Gasteiger partial charge in [0.1, 0.15) is 42.7 Å². The zero-order valence-corrected chi connectivity index (χ0v) is 66.8. The summed E-state index contributed by atoms with van der Waals surface area (Å²) in [7, 11) is -5.38. The molecule has 102 heavy (non-hydrogen) atoms. The zero-order valence-electron chi connectivity index (χ0n) is 65.0.